The highest BCUT2D eigenvalue weighted by Crippen LogP contribution is 2.27. The molecule has 31 heavy (non-hydrogen) atoms. The third kappa shape index (κ3) is 6.40. The van der Waals surface area contributed by atoms with E-state index in [1.165, 1.54) is 28.6 Å². The molecule has 1 aromatic carbocycles. The van der Waals surface area contributed by atoms with Crippen molar-refractivity contribution >= 4 is 45.7 Å². The van der Waals surface area contributed by atoms with Crippen LogP contribution in [0.5, 0.6) is 0 Å². The minimum Gasteiger partial charge on any atom is -0.410 e. The van der Waals surface area contributed by atoms with Gasteiger partial charge in [-0.2, -0.15) is 13.2 Å². The Morgan fingerprint density at radius 2 is 1.90 bits per heavy atom. The lowest BCUT2D eigenvalue weighted by Gasteiger charge is -2.33. The highest BCUT2D eigenvalue weighted by atomic mass is 32.2. The molecule has 1 fully saturated rings. The number of nitrogens with one attached hydrogen (secondary N) is 1. The van der Waals surface area contributed by atoms with Gasteiger partial charge in [-0.25, -0.2) is 10.2 Å². The van der Waals surface area contributed by atoms with E-state index < -0.39 is 11.9 Å². The van der Waals surface area contributed by atoms with Gasteiger partial charge in [0.2, 0.25) is 0 Å². The number of rotatable bonds is 7. The Labute approximate surface area is 186 Å². The Balaban J connectivity index is 1.65. The number of oxime groups is 1. The molecule has 2 aromatic rings. The monoisotopic (exact) mass is 471 g/mol. The molecule has 0 spiro atoms. The Morgan fingerprint density at radius 1 is 1.19 bits per heavy atom. The Hall–Kier alpha value is -2.18. The molecule has 1 aliphatic heterocycles. The maximum Gasteiger partial charge on any atom is 0.436 e. The van der Waals surface area contributed by atoms with Gasteiger partial charge in [0.15, 0.2) is 11.4 Å². The molecule has 6 nitrogen and oxygen atoms in total. The van der Waals surface area contributed by atoms with Crippen LogP contribution in [-0.2, 0) is 5.75 Å². The highest BCUT2D eigenvalue weighted by molar-refractivity contribution is 8.11. The minimum atomic E-state index is -4.78. The topological polar surface area (TPSA) is 77.2 Å². The fourth-order valence-corrected chi connectivity index (χ4v) is 4.35. The quantitative estimate of drug-likeness (QED) is 0.179. The summed E-state index contributed by atoms with van der Waals surface area (Å²) in [5.41, 5.74) is 1.95. The number of hydrogen-bond donors (Lipinski definition) is 3. The second kappa shape index (κ2) is 10.4. The van der Waals surface area contributed by atoms with Crippen LogP contribution >= 0.6 is 23.1 Å². The molecule has 0 saturated carbocycles. The van der Waals surface area contributed by atoms with E-state index in [4.69, 9.17) is 5.21 Å². The van der Waals surface area contributed by atoms with Crippen LogP contribution in [0.15, 0.2) is 58.0 Å². The molecule has 11 heteroatoms. The average molecular weight is 472 g/mol. The summed E-state index contributed by atoms with van der Waals surface area (Å²) < 4.78 is 38.7. The van der Waals surface area contributed by atoms with Crippen molar-refractivity contribution in [1.82, 2.24) is 9.96 Å². The van der Waals surface area contributed by atoms with Gasteiger partial charge in [0.1, 0.15) is 13.1 Å². The summed E-state index contributed by atoms with van der Waals surface area (Å²) in [5.74, 6) is 0.564. The molecule has 2 heterocycles. The van der Waals surface area contributed by atoms with E-state index in [0.29, 0.717) is 23.7 Å². The Morgan fingerprint density at radius 3 is 2.48 bits per heavy atom. The molecule has 0 unspecified atom stereocenters. The van der Waals surface area contributed by atoms with Crippen LogP contribution in [0.1, 0.15) is 10.4 Å². The minimum absolute atomic E-state index is 0.0633. The second-order valence-corrected chi connectivity index (χ2v) is 8.60. The standard InChI is InChI=1S/C20H21F3N4O2S2/c21-20(22,23)19(26-28)12-17(18-2-1-11-31-18)25-14-30-13-15-3-5-16(6-4-15)27(29)9-7-24-8-10-27/h1-6,11-12,14,24,29H,7-10,13H2/p+1/b17-12-,25-14?,26-19+. The zero-order valence-corrected chi connectivity index (χ0v) is 18.1. The van der Waals surface area contributed by atoms with Gasteiger partial charge in [-0.1, -0.05) is 23.4 Å². The average Bonchev–Trinajstić information content (AvgIpc) is 3.28. The molecule has 1 aliphatic rings. The van der Waals surface area contributed by atoms with Crippen molar-refractivity contribution < 1.29 is 23.6 Å². The molecule has 3 rings (SSSR count). The van der Waals surface area contributed by atoms with Gasteiger partial charge in [0.05, 0.1) is 16.1 Å². The van der Waals surface area contributed by atoms with Crippen LogP contribution in [0.3, 0.4) is 0 Å². The number of hydrogen-bond acceptors (Lipinski definition) is 7. The number of thioether (sulfide) groups is 1. The zero-order chi connectivity index (χ0) is 22.3. The van der Waals surface area contributed by atoms with E-state index in [1.54, 1.807) is 17.5 Å². The first kappa shape index (κ1) is 23.5. The first-order valence-corrected chi connectivity index (χ1v) is 11.3. The van der Waals surface area contributed by atoms with Gasteiger partial charge in [-0.15, -0.1) is 27.7 Å². The van der Waals surface area contributed by atoms with Crippen molar-refractivity contribution in [1.29, 1.82) is 0 Å². The largest absolute Gasteiger partial charge is 0.436 e. The predicted octanol–water partition coefficient (Wildman–Crippen LogP) is 4.74. The molecule has 1 saturated heterocycles. The van der Waals surface area contributed by atoms with Crippen molar-refractivity contribution in [2.75, 3.05) is 26.2 Å². The van der Waals surface area contributed by atoms with Crippen LogP contribution in [-0.4, -0.2) is 54.0 Å². The number of benzene rings is 1. The molecular weight excluding hydrogens is 449 g/mol. The summed E-state index contributed by atoms with van der Waals surface area (Å²) in [6.07, 6.45) is -4.06. The summed E-state index contributed by atoms with van der Waals surface area (Å²) in [5, 5.41) is 26.7. The third-order valence-corrected chi connectivity index (χ3v) is 6.34. The normalized spacial score (nSPS) is 17.9. The highest BCUT2D eigenvalue weighted by Gasteiger charge is 2.35. The number of alkyl halides is 3. The van der Waals surface area contributed by atoms with Gasteiger partial charge in [0.25, 0.3) is 0 Å². The summed E-state index contributed by atoms with van der Waals surface area (Å²) >= 11 is 2.56. The number of allylic oxidation sites excluding steroid dienone is 1. The first-order chi connectivity index (χ1) is 14.8. The van der Waals surface area contributed by atoms with Crippen molar-refractivity contribution in [2.45, 2.75) is 11.9 Å². The van der Waals surface area contributed by atoms with Crippen LogP contribution in [0.2, 0.25) is 0 Å². The van der Waals surface area contributed by atoms with Gasteiger partial charge < -0.3 is 10.5 Å². The molecule has 0 aliphatic carbocycles. The van der Waals surface area contributed by atoms with Crippen molar-refractivity contribution in [2.24, 2.45) is 10.1 Å². The summed E-state index contributed by atoms with van der Waals surface area (Å²) in [4.78, 5) is 4.68. The fourth-order valence-electron chi connectivity index (χ4n) is 3.01. The van der Waals surface area contributed by atoms with Gasteiger partial charge >= 0.3 is 6.18 Å². The fraction of sp³-hybridized carbons (Fsp3) is 0.300. The molecule has 166 valence electrons. The van der Waals surface area contributed by atoms with Crippen molar-refractivity contribution in [3.05, 3.63) is 58.3 Å². The second-order valence-electron chi connectivity index (χ2n) is 6.82. The van der Waals surface area contributed by atoms with Crippen LogP contribution in [0, 0.1) is 0 Å². The lowest BCUT2D eigenvalue weighted by molar-refractivity contribution is -0.0871. The van der Waals surface area contributed by atoms with E-state index in [9.17, 15) is 18.4 Å². The van der Waals surface area contributed by atoms with Crippen molar-refractivity contribution in [3.63, 3.8) is 0 Å². The smallest absolute Gasteiger partial charge is 0.410 e. The van der Waals surface area contributed by atoms with E-state index in [-0.39, 0.29) is 10.3 Å². The first-order valence-electron chi connectivity index (χ1n) is 9.41. The Kier molecular flexibility index (Phi) is 7.89. The summed E-state index contributed by atoms with van der Waals surface area (Å²) in [7, 11) is 0. The number of thiophene rings is 1. The summed E-state index contributed by atoms with van der Waals surface area (Å²) in [6, 6.07) is 11.0. The maximum absolute atomic E-state index is 12.9. The van der Waals surface area contributed by atoms with E-state index >= 15 is 0 Å². The number of halogens is 3. The van der Waals surface area contributed by atoms with Gasteiger partial charge in [-0.3, -0.25) is 0 Å². The lowest BCUT2D eigenvalue weighted by Crippen LogP contribution is -2.57. The molecule has 3 N–H and O–H groups in total. The maximum atomic E-state index is 12.9. The van der Waals surface area contributed by atoms with Crippen LogP contribution in [0.4, 0.5) is 18.9 Å². The van der Waals surface area contributed by atoms with Crippen molar-refractivity contribution in [3.8, 4) is 0 Å². The SMILES string of the molecule is O/N=C(\C=C(/N=CSCc1ccc([N+]2(O)CCNCC2)cc1)c1cccs1)C(F)(F)F. The number of quaternary nitrogens is 1. The van der Waals surface area contributed by atoms with E-state index in [1.807, 2.05) is 24.3 Å². The Bertz CT molecular complexity index is 936. The third-order valence-electron chi connectivity index (χ3n) is 4.70. The molecule has 0 amide bonds. The molecular formula is C20H22F3N4O2S2+. The molecule has 1 aromatic heterocycles. The van der Waals surface area contributed by atoms with Gasteiger partial charge in [-0.05, 0) is 23.1 Å². The number of hydroxylamine groups is 2. The molecule has 0 bridgehead atoms. The lowest BCUT2D eigenvalue weighted by atomic mass is 10.2. The number of nitrogens with zero attached hydrogens (tertiary/aromatic N) is 3. The molecule has 0 atom stereocenters. The van der Waals surface area contributed by atoms with E-state index in [2.05, 4.69) is 15.5 Å². The van der Waals surface area contributed by atoms with Gasteiger partial charge in [0, 0.05) is 31.0 Å². The number of piperazine rings is 1. The van der Waals surface area contributed by atoms with Crippen LogP contribution < -0.4 is 9.96 Å². The molecule has 0 radical (unpaired) electrons. The zero-order valence-electron chi connectivity index (χ0n) is 16.4. The number of aliphatic imine (C=N–C) groups is 1. The van der Waals surface area contributed by atoms with E-state index in [0.717, 1.165) is 30.4 Å². The predicted molar refractivity (Wildman–Crippen MR) is 120 cm³/mol. The summed E-state index contributed by atoms with van der Waals surface area (Å²) in [6.45, 7) is 2.72. The van der Waals surface area contributed by atoms with Crippen LogP contribution in [0.25, 0.3) is 5.70 Å².